The van der Waals surface area contributed by atoms with Crippen LogP contribution in [0.3, 0.4) is 0 Å². The van der Waals surface area contributed by atoms with E-state index in [9.17, 15) is 4.79 Å². The van der Waals surface area contributed by atoms with E-state index in [0.29, 0.717) is 0 Å². The molecule has 1 amide bonds. The lowest BCUT2D eigenvalue weighted by Crippen LogP contribution is -2.44. The highest BCUT2D eigenvalue weighted by Gasteiger charge is 2.23. The van der Waals surface area contributed by atoms with Crippen LogP contribution in [0.5, 0.6) is 11.5 Å². The Morgan fingerprint density at radius 1 is 1.19 bits per heavy atom. The molecule has 0 radical (unpaired) electrons. The number of aryl methyl sites for hydroxylation is 1. The van der Waals surface area contributed by atoms with Gasteiger partial charge in [-0.15, -0.1) is 0 Å². The molecule has 6 heteroatoms. The molecule has 0 saturated carbocycles. The minimum atomic E-state index is 0.0325. The molecule has 0 unspecified atom stereocenters. The smallest absolute Gasteiger partial charge is 0.251 e. The number of ether oxygens (including phenoxy) is 2. The molecule has 1 fully saturated rings. The lowest BCUT2D eigenvalue weighted by molar-refractivity contribution is 0.0908. The molecule has 27 heavy (non-hydrogen) atoms. The first-order valence-electron chi connectivity index (χ1n) is 9.27. The number of carbonyl (C=O) groups excluding carboxylic acids is 1. The first kappa shape index (κ1) is 18.3. The van der Waals surface area contributed by atoms with Crippen molar-refractivity contribution in [3.05, 3.63) is 57.6 Å². The van der Waals surface area contributed by atoms with Gasteiger partial charge in [0.15, 0.2) is 11.5 Å². The maximum Gasteiger partial charge on any atom is 0.251 e. The molecular weight excluding hydrogens is 408 g/mol. The number of nitrogens with zero attached hydrogens (tertiary/aromatic N) is 1. The van der Waals surface area contributed by atoms with E-state index in [0.717, 1.165) is 59.6 Å². The molecular formula is C21H23BrN2O3. The van der Waals surface area contributed by atoms with Crippen LogP contribution in [0.15, 0.2) is 40.9 Å². The van der Waals surface area contributed by atoms with Crippen molar-refractivity contribution in [2.75, 3.05) is 19.9 Å². The Labute approximate surface area is 167 Å². The normalized spacial score (nSPS) is 17.1. The van der Waals surface area contributed by atoms with Gasteiger partial charge in [-0.2, -0.15) is 0 Å². The summed E-state index contributed by atoms with van der Waals surface area (Å²) in [6.07, 6.45) is 1.92. The third-order valence-corrected chi connectivity index (χ3v) is 5.99. The van der Waals surface area contributed by atoms with E-state index in [4.69, 9.17) is 9.47 Å². The van der Waals surface area contributed by atoms with Crippen molar-refractivity contribution >= 4 is 21.8 Å². The Hall–Kier alpha value is -2.05. The quantitative estimate of drug-likeness (QED) is 0.799. The number of piperidine rings is 1. The summed E-state index contributed by atoms with van der Waals surface area (Å²) in [4.78, 5) is 14.9. The van der Waals surface area contributed by atoms with Crippen LogP contribution >= 0.6 is 15.9 Å². The molecule has 4 rings (SSSR count). The van der Waals surface area contributed by atoms with Gasteiger partial charge in [-0.25, -0.2) is 0 Å². The second-order valence-electron chi connectivity index (χ2n) is 7.14. The lowest BCUT2D eigenvalue weighted by Gasteiger charge is -2.32. The molecule has 0 aliphatic carbocycles. The van der Waals surface area contributed by atoms with Gasteiger partial charge in [0.1, 0.15) is 0 Å². The van der Waals surface area contributed by atoms with E-state index in [-0.39, 0.29) is 18.7 Å². The maximum atomic E-state index is 12.5. The minimum Gasteiger partial charge on any atom is -0.454 e. The Morgan fingerprint density at radius 2 is 1.89 bits per heavy atom. The van der Waals surface area contributed by atoms with E-state index < -0.39 is 0 Å². The van der Waals surface area contributed by atoms with Crippen molar-refractivity contribution in [1.82, 2.24) is 10.2 Å². The molecule has 2 heterocycles. The van der Waals surface area contributed by atoms with Crippen LogP contribution in [0.1, 0.15) is 34.3 Å². The molecule has 0 aromatic heterocycles. The van der Waals surface area contributed by atoms with Crippen molar-refractivity contribution in [2.45, 2.75) is 32.4 Å². The predicted molar refractivity (Wildman–Crippen MR) is 107 cm³/mol. The van der Waals surface area contributed by atoms with Crippen LogP contribution in [0.2, 0.25) is 0 Å². The SMILES string of the molecule is Cc1ccccc1C(=O)NC1CCN(Cc2cc3c(cc2Br)OCO3)CC1. The average molecular weight is 431 g/mol. The molecule has 2 aromatic rings. The van der Waals surface area contributed by atoms with Crippen molar-refractivity contribution in [3.63, 3.8) is 0 Å². The van der Waals surface area contributed by atoms with Crippen LogP contribution in [-0.2, 0) is 6.54 Å². The first-order chi connectivity index (χ1) is 13.1. The van der Waals surface area contributed by atoms with Gasteiger partial charge >= 0.3 is 0 Å². The number of rotatable bonds is 4. The third kappa shape index (κ3) is 4.12. The Kier molecular flexibility index (Phi) is 5.36. The van der Waals surface area contributed by atoms with Crippen molar-refractivity contribution in [2.24, 2.45) is 0 Å². The first-order valence-corrected chi connectivity index (χ1v) is 10.1. The second kappa shape index (κ2) is 7.90. The van der Waals surface area contributed by atoms with E-state index in [1.165, 1.54) is 5.56 Å². The summed E-state index contributed by atoms with van der Waals surface area (Å²) in [5.74, 6) is 1.64. The van der Waals surface area contributed by atoms with E-state index in [1.54, 1.807) is 0 Å². The summed E-state index contributed by atoms with van der Waals surface area (Å²) in [5, 5.41) is 3.19. The van der Waals surface area contributed by atoms with Gasteiger partial charge in [0.2, 0.25) is 6.79 Å². The highest BCUT2D eigenvalue weighted by Crippen LogP contribution is 2.37. The Balaban J connectivity index is 1.32. The number of benzene rings is 2. The standard InChI is InChI=1S/C21H23BrN2O3/c1-14-4-2-3-5-17(14)21(25)23-16-6-8-24(9-7-16)12-15-10-19-20(11-18(15)22)27-13-26-19/h2-5,10-11,16H,6-9,12-13H2,1H3,(H,23,25). The molecule has 0 bridgehead atoms. The number of amides is 1. The zero-order valence-corrected chi connectivity index (χ0v) is 16.9. The van der Waals surface area contributed by atoms with Gasteiger partial charge < -0.3 is 14.8 Å². The van der Waals surface area contributed by atoms with Crippen LogP contribution < -0.4 is 14.8 Å². The Morgan fingerprint density at radius 3 is 2.63 bits per heavy atom. The van der Waals surface area contributed by atoms with E-state index in [2.05, 4.69) is 32.2 Å². The van der Waals surface area contributed by atoms with Crippen molar-refractivity contribution < 1.29 is 14.3 Å². The third-order valence-electron chi connectivity index (χ3n) is 5.25. The fourth-order valence-corrected chi connectivity index (χ4v) is 4.10. The summed E-state index contributed by atoms with van der Waals surface area (Å²) < 4.78 is 11.9. The number of hydrogen-bond donors (Lipinski definition) is 1. The van der Waals surface area contributed by atoms with Crippen molar-refractivity contribution in [3.8, 4) is 11.5 Å². The molecule has 2 aliphatic rings. The molecule has 1 N–H and O–H groups in total. The van der Waals surface area contributed by atoms with Gasteiger partial charge in [0, 0.05) is 35.7 Å². The van der Waals surface area contributed by atoms with Crippen LogP contribution in [0, 0.1) is 6.92 Å². The van der Waals surface area contributed by atoms with Crippen LogP contribution in [0.4, 0.5) is 0 Å². The number of hydrogen-bond acceptors (Lipinski definition) is 4. The number of fused-ring (bicyclic) bond motifs is 1. The highest BCUT2D eigenvalue weighted by atomic mass is 79.9. The topological polar surface area (TPSA) is 50.8 Å². The number of nitrogens with one attached hydrogen (secondary N) is 1. The molecule has 0 atom stereocenters. The Bertz CT molecular complexity index is 847. The summed E-state index contributed by atoms with van der Waals surface area (Å²) in [5.41, 5.74) is 2.98. The summed E-state index contributed by atoms with van der Waals surface area (Å²) in [7, 11) is 0. The highest BCUT2D eigenvalue weighted by molar-refractivity contribution is 9.10. The zero-order valence-electron chi connectivity index (χ0n) is 15.3. The monoisotopic (exact) mass is 430 g/mol. The van der Waals surface area contributed by atoms with Gasteiger partial charge in [-0.05, 0) is 49.1 Å². The fraction of sp³-hybridized carbons (Fsp3) is 0.381. The van der Waals surface area contributed by atoms with E-state index in [1.807, 2.05) is 37.3 Å². The summed E-state index contributed by atoms with van der Waals surface area (Å²) in [6.45, 7) is 5.03. The summed E-state index contributed by atoms with van der Waals surface area (Å²) in [6, 6.07) is 12.0. The van der Waals surface area contributed by atoms with Crippen LogP contribution in [-0.4, -0.2) is 36.7 Å². The number of carbonyl (C=O) groups is 1. The zero-order chi connectivity index (χ0) is 18.8. The van der Waals surface area contributed by atoms with Gasteiger partial charge in [-0.3, -0.25) is 9.69 Å². The maximum absolute atomic E-state index is 12.5. The number of halogens is 1. The largest absolute Gasteiger partial charge is 0.454 e. The number of likely N-dealkylation sites (tertiary alicyclic amines) is 1. The predicted octanol–water partition coefficient (Wildman–Crippen LogP) is 3.88. The van der Waals surface area contributed by atoms with Crippen molar-refractivity contribution in [1.29, 1.82) is 0 Å². The van der Waals surface area contributed by atoms with Gasteiger partial charge in [-0.1, -0.05) is 34.1 Å². The second-order valence-corrected chi connectivity index (χ2v) is 7.99. The minimum absolute atomic E-state index is 0.0325. The van der Waals surface area contributed by atoms with Gasteiger partial charge in [0.05, 0.1) is 0 Å². The molecule has 2 aliphatic heterocycles. The lowest BCUT2D eigenvalue weighted by atomic mass is 10.0. The fourth-order valence-electron chi connectivity index (χ4n) is 3.65. The summed E-state index contributed by atoms with van der Waals surface area (Å²) >= 11 is 3.63. The molecule has 1 saturated heterocycles. The molecule has 142 valence electrons. The molecule has 5 nitrogen and oxygen atoms in total. The average Bonchev–Trinajstić information content (AvgIpc) is 3.11. The van der Waals surface area contributed by atoms with E-state index >= 15 is 0 Å². The van der Waals surface area contributed by atoms with Gasteiger partial charge in [0.25, 0.3) is 5.91 Å². The molecule has 0 spiro atoms. The van der Waals surface area contributed by atoms with Crippen LogP contribution in [0.25, 0.3) is 0 Å². The molecule has 2 aromatic carbocycles.